The van der Waals surface area contributed by atoms with E-state index < -0.39 is 0 Å². The minimum Gasteiger partial charge on any atom is -0.349 e. The van der Waals surface area contributed by atoms with Gasteiger partial charge in [0.25, 0.3) is 5.91 Å². The van der Waals surface area contributed by atoms with Crippen LogP contribution in [0.1, 0.15) is 42.9 Å². The quantitative estimate of drug-likeness (QED) is 0.873. The molecule has 1 aliphatic heterocycles. The number of amides is 1. The van der Waals surface area contributed by atoms with Crippen molar-refractivity contribution in [2.75, 3.05) is 13.1 Å². The van der Waals surface area contributed by atoms with E-state index in [2.05, 4.69) is 29.5 Å². The van der Waals surface area contributed by atoms with Crippen LogP contribution in [0.15, 0.2) is 18.2 Å². The predicted molar refractivity (Wildman–Crippen MR) is 76.1 cm³/mol. The second-order valence-corrected chi connectivity index (χ2v) is 5.97. The first-order valence-corrected chi connectivity index (χ1v) is 6.94. The van der Waals surface area contributed by atoms with Crippen molar-refractivity contribution in [1.29, 1.82) is 0 Å². The molecule has 1 amide bonds. The highest BCUT2D eigenvalue weighted by atomic mass is 16.1. The van der Waals surface area contributed by atoms with Crippen LogP contribution in [0.4, 0.5) is 0 Å². The number of hydrogen-bond acceptors (Lipinski definition) is 3. The summed E-state index contributed by atoms with van der Waals surface area (Å²) in [6.45, 7) is 8.08. The number of nitrogens with zero attached hydrogens (tertiary/aromatic N) is 1. The van der Waals surface area contributed by atoms with E-state index in [1.165, 1.54) is 12.8 Å². The standard InChI is InChI=1S/C15H23N3O/c1-11-6-4-7-12(18-11)14(19)17-10-13-15(2,3)8-5-9-16-13/h4,6-7,13,16H,5,8-10H2,1-3H3,(H,17,19). The van der Waals surface area contributed by atoms with Gasteiger partial charge < -0.3 is 10.6 Å². The lowest BCUT2D eigenvalue weighted by atomic mass is 9.77. The van der Waals surface area contributed by atoms with Crippen LogP contribution in [0.25, 0.3) is 0 Å². The molecular formula is C15H23N3O. The smallest absolute Gasteiger partial charge is 0.269 e. The Labute approximate surface area is 115 Å². The average molecular weight is 261 g/mol. The van der Waals surface area contributed by atoms with E-state index in [1.807, 2.05) is 19.1 Å². The van der Waals surface area contributed by atoms with E-state index in [-0.39, 0.29) is 11.3 Å². The molecule has 4 heteroatoms. The first-order chi connectivity index (χ1) is 8.99. The average Bonchev–Trinajstić information content (AvgIpc) is 2.36. The summed E-state index contributed by atoms with van der Waals surface area (Å²) in [7, 11) is 0. The van der Waals surface area contributed by atoms with Gasteiger partial charge in [0, 0.05) is 18.3 Å². The zero-order valence-electron chi connectivity index (χ0n) is 12.0. The summed E-state index contributed by atoms with van der Waals surface area (Å²) in [5, 5.41) is 6.48. The van der Waals surface area contributed by atoms with Crippen LogP contribution in [-0.2, 0) is 0 Å². The van der Waals surface area contributed by atoms with Gasteiger partial charge in [0.05, 0.1) is 0 Å². The number of aryl methyl sites for hydroxylation is 1. The Morgan fingerprint density at radius 2 is 2.32 bits per heavy atom. The maximum atomic E-state index is 12.0. The topological polar surface area (TPSA) is 54.0 Å². The molecule has 0 spiro atoms. The zero-order valence-corrected chi connectivity index (χ0v) is 12.0. The van der Waals surface area contributed by atoms with Crippen molar-refractivity contribution in [3.05, 3.63) is 29.6 Å². The molecule has 1 atom stereocenters. The summed E-state index contributed by atoms with van der Waals surface area (Å²) in [6, 6.07) is 5.83. The van der Waals surface area contributed by atoms with Gasteiger partial charge in [0.1, 0.15) is 5.69 Å². The van der Waals surface area contributed by atoms with Crippen LogP contribution in [0, 0.1) is 12.3 Å². The molecule has 1 unspecified atom stereocenters. The number of nitrogens with one attached hydrogen (secondary N) is 2. The minimum atomic E-state index is -0.0909. The van der Waals surface area contributed by atoms with Gasteiger partial charge in [-0.15, -0.1) is 0 Å². The third-order valence-corrected chi connectivity index (χ3v) is 3.92. The number of carbonyl (C=O) groups excluding carboxylic acids is 1. The predicted octanol–water partition coefficient (Wildman–Crippen LogP) is 1.90. The molecule has 2 heterocycles. The number of hydrogen-bond donors (Lipinski definition) is 2. The van der Waals surface area contributed by atoms with Gasteiger partial charge in [-0.25, -0.2) is 4.98 Å². The molecule has 1 saturated heterocycles. The van der Waals surface area contributed by atoms with Crippen molar-refractivity contribution < 1.29 is 4.79 Å². The molecule has 2 rings (SSSR count). The van der Waals surface area contributed by atoms with Gasteiger partial charge in [-0.3, -0.25) is 4.79 Å². The summed E-state index contributed by atoms with van der Waals surface area (Å²) in [5.41, 5.74) is 1.59. The van der Waals surface area contributed by atoms with E-state index in [1.54, 1.807) is 6.07 Å². The molecule has 1 aromatic rings. The van der Waals surface area contributed by atoms with Crippen LogP contribution in [0.2, 0.25) is 0 Å². The maximum Gasteiger partial charge on any atom is 0.269 e. The van der Waals surface area contributed by atoms with Crippen molar-refractivity contribution in [2.45, 2.75) is 39.7 Å². The Morgan fingerprint density at radius 3 is 3.00 bits per heavy atom. The van der Waals surface area contributed by atoms with Gasteiger partial charge in [0.2, 0.25) is 0 Å². The van der Waals surface area contributed by atoms with Crippen molar-refractivity contribution in [2.24, 2.45) is 5.41 Å². The first-order valence-electron chi connectivity index (χ1n) is 6.94. The van der Waals surface area contributed by atoms with Crippen LogP contribution in [0.5, 0.6) is 0 Å². The number of rotatable bonds is 3. The van der Waals surface area contributed by atoms with Crippen LogP contribution in [0.3, 0.4) is 0 Å². The first kappa shape index (κ1) is 14.0. The van der Waals surface area contributed by atoms with Crippen molar-refractivity contribution >= 4 is 5.91 Å². The molecule has 2 N–H and O–H groups in total. The number of carbonyl (C=O) groups is 1. The molecule has 0 saturated carbocycles. The second-order valence-electron chi connectivity index (χ2n) is 5.97. The van der Waals surface area contributed by atoms with Crippen LogP contribution >= 0.6 is 0 Å². The lowest BCUT2D eigenvalue weighted by Crippen LogP contribution is -2.52. The van der Waals surface area contributed by atoms with Gasteiger partial charge in [-0.2, -0.15) is 0 Å². The van der Waals surface area contributed by atoms with E-state index >= 15 is 0 Å². The molecule has 0 bridgehead atoms. The number of aromatic nitrogens is 1. The third kappa shape index (κ3) is 3.53. The van der Waals surface area contributed by atoms with E-state index in [4.69, 9.17) is 0 Å². The summed E-state index contributed by atoms with van der Waals surface area (Å²) < 4.78 is 0. The fourth-order valence-corrected chi connectivity index (χ4v) is 2.57. The van der Waals surface area contributed by atoms with Gasteiger partial charge in [-0.1, -0.05) is 19.9 Å². The summed E-state index contributed by atoms with van der Waals surface area (Å²) in [5.74, 6) is -0.0909. The van der Waals surface area contributed by atoms with Gasteiger partial charge in [0.15, 0.2) is 0 Å². The van der Waals surface area contributed by atoms with Crippen LogP contribution < -0.4 is 10.6 Å². The summed E-state index contributed by atoms with van der Waals surface area (Å²) in [4.78, 5) is 16.3. The molecule has 104 valence electrons. The summed E-state index contributed by atoms with van der Waals surface area (Å²) in [6.07, 6.45) is 2.40. The van der Waals surface area contributed by atoms with E-state index in [0.717, 1.165) is 12.2 Å². The SMILES string of the molecule is Cc1cccc(C(=O)NCC2NCCCC2(C)C)n1. The molecule has 19 heavy (non-hydrogen) atoms. The molecule has 0 aliphatic carbocycles. The van der Waals surface area contributed by atoms with Gasteiger partial charge >= 0.3 is 0 Å². The molecule has 1 fully saturated rings. The molecule has 0 aromatic carbocycles. The van der Waals surface area contributed by atoms with Crippen molar-refractivity contribution in [3.8, 4) is 0 Å². The fraction of sp³-hybridized carbons (Fsp3) is 0.600. The summed E-state index contributed by atoms with van der Waals surface area (Å²) >= 11 is 0. The lowest BCUT2D eigenvalue weighted by Gasteiger charge is -2.39. The molecule has 4 nitrogen and oxygen atoms in total. The fourth-order valence-electron chi connectivity index (χ4n) is 2.57. The minimum absolute atomic E-state index is 0.0909. The number of piperidine rings is 1. The highest BCUT2D eigenvalue weighted by Crippen LogP contribution is 2.29. The molecule has 1 aromatic heterocycles. The maximum absolute atomic E-state index is 12.0. The largest absolute Gasteiger partial charge is 0.349 e. The normalized spacial score (nSPS) is 21.9. The Balaban J connectivity index is 1.93. The molecule has 1 aliphatic rings. The highest BCUT2D eigenvalue weighted by Gasteiger charge is 2.32. The van der Waals surface area contributed by atoms with E-state index in [9.17, 15) is 4.79 Å². The Kier molecular flexibility index (Phi) is 4.20. The molecular weight excluding hydrogens is 238 g/mol. The van der Waals surface area contributed by atoms with E-state index in [0.29, 0.717) is 18.3 Å². The van der Waals surface area contributed by atoms with Gasteiger partial charge in [-0.05, 0) is 43.9 Å². The van der Waals surface area contributed by atoms with Crippen LogP contribution in [-0.4, -0.2) is 30.0 Å². The molecule has 0 radical (unpaired) electrons. The highest BCUT2D eigenvalue weighted by molar-refractivity contribution is 5.92. The van der Waals surface area contributed by atoms with Crippen molar-refractivity contribution in [3.63, 3.8) is 0 Å². The number of pyridine rings is 1. The lowest BCUT2D eigenvalue weighted by molar-refractivity contribution is 0.0923. The monoisotopic (exact) mass is 261 g/mol. The Morgan fingerprint density at radius 1 is 1.53 bits per heavy atom. The zero-order chi connectivity index (χ0) is 13.9. The third-order valence-electron chi connectivity index (χ3n) is 3.92. The Hall–Kier alpha value is -1.42. The second kappa shape index (κ2) is 5.70. The van der Waals surface area contributed by atoms with Crippen molar-refractivity contribution in [1.82, 2.24) is 15.6 Å². The Bertz CT molecular complexity index is 456.